The van der Waals surface area contributed by atoms with Gasteiger partial charge in [-0.3, -0.25) is 14.5 Å². The second kappa shape index (κ2) is 9.58. The Kier molecular flexibility index (Phi) is 6.32. The van der Waals surface area contributed by atoms with Gasteiger partial charge in [-0.25, -0.2) is 0 Å². The molecule has 2 aliphatic rings. The van der Waals surface area contributed by atoms with E-state index in [0.717, 1.165) is 0 Å². The number of hydrogen-bond donors (Lipinski definition) is 1. The lowest BCUT2D eigenvalue weighted by Crippen LogP contribution is -2.29. The van der Waals surface area contributed by atoms with Crippen LogP contribution in [0.4, 0.5) is 5.69 Å². The lowest BCUT2D eigenvalue weighted by Gasteiger charge is -2.26. The molecule has 0 aliphatic carbocycles. The third-order valence-corrected chi connectivity index (χ3v) is 6.61. The van der Waals surface area contributed by atoms with Crippen LogP contribution in [0.5, 0.6) is 23.0 Å². The summed E-state index contributed by atoms with van der Waals surface area (Å²) in [6.07, 6.45) is 0. The fraction of sp³-hybridized carbons (Fsp3) is 0.185. The topological polar surface area (TPSA) is 94.5 Å². The van der Waals surface area contributed by atoms with Crippen LogP contribution in [0, 0.1) is 0 Å². The van der Waals surface area contributed by atoms with E-state index >= 15 is 0 Å². The Bertz CT molecular complexity index is 1400. The number of ether oxygens (including phenoxy) is 4. The van der Waals surface area contributed by atoms with Gasteiger partial charge in [-0.1, -0.05) is 12.1 Å². The summed E-state index contributed by atoms with van der Waals surface area (Å²) in [5, 5.41) is 11.4. The second-order valence-electron chi connectivity index (χ2n) is 8.06. The van der Waals surface area contributed by atoms with Gasteiger partial charge in [-0.05, 0) is 70.9 Å². The van der Waals surface area contributed by atoms with Gasteiger partial charge in [-0.2, -0.15) is 0 Å². The normalized spacial score (nSPS) is 18.0. The summed E-state index contributed by atoms with van der Waals surface area (Å²) in [4.78, 5) is 28.2. The highest BCUT2D eigenvalue weighted by molar-refractivity contribution is 9.10. The number of anilines is 1. The minimum absolute atomic E-state index is 0.0385. The molecule has 3 aromatic carbocycles. The van der Waals surface area contributed by atoms with Crippen molar-refractivity contribution in [3.63, 3.8) is 0 Å². The van der Waals surface area contributed by atoms with Crippen LogP contribution in [0.3, 0.4) is 0 Å². The first-order valence-corrected chi connectivity index (χ1v) is 12.0. The van der Waals surface area contributed by atoms with Gasteiger partial charge in [0.1, 0.15) is 17.3 Å². The number of carbonyl (C=O) groups excluding carboxylic acids is 2. The van der Waals surface area contributed by atoms with E-state index in [1.807, 2.05) is 6.92 Å². The summed E-state index contributed by atoms with van der Waals surface area (Å²) in [6, 6.07) is 16.2. The zero-order valence-corrected chi connectivity index (χ0v) is 21.1. The minimum Gasteiger partial charge on any atom is -0.507 e. The van der Waals surface area contributed by atoms with E-state index in [0.29, 0.717) is 50.9 Å². The zero-order valence-electron chi connectivity index (χ0n) is 19.5. The number of rotatable bonds is 6. The van der Waals surface area contributed by atoms with E-state index in [2.05, 4.69) is 15.9 Å². The number of benzene rings is 3. The highest BCUT2D eigenvalue weighted by atomic mass is 79.9. The first-order chi connectivity index (χ1) is 17.4. The lowest BCUT2D eigenvalue weighted by molar-refractivity contribution is -0.132. The van der Waals surface area contributed by atoms with Gasteiger partial charge in [0.05, 0.1) is 29.8 Å². The molecular weight excluding hydrogens is 530 g/mol. The van der Waals surface area contributed by atoms with Crippen LogP contribution < -0.4 is 23.8 Å². The molecule has 5 rings (SSSR count). The number of aliphatic hydroxyl groups excluding tert-OH is 1. The molecule has 3 aromatic rings. The number of aliphatic hydroxyl groups is 1. The predicted octanol–water partition coefficient (Wildman–Crippen LogP) is 5.21. The molecule has 0 saturated carbocycles. The van der Waals surface area contributed by atoms with E-state index < -0.39 is 17.7 Å². The fourth-order valence-electron chi connectivity index (χ4n) is 4.36. The number of ketones is 1. The molecule has 1 fully saturated rings. The van der Waals surface area contributed by atoms with Crippen molar-refractivity contribution in [2.24, 2.45) is 0 Å². The minimum atomic E-state index is -0.911. The molecule has 0 aromatic heterocycles. The molecule has 2 aliphatic heterocycles. The Balaban J connectivity index is 1.70. The van der Waals surface area contributed by atoms with Crippen molar-refractivity contribution in [2.75, 3.05) is 25.4 Å². The fourth-order valence-corrected chi connectivity index (χ4v) is 4.90. The number of halogens is 1. The Hall–Kier alpha value is -3.98. The smallest absolute Gasteiger partial charge is 0.300 e. The number of Topliss-reactive ketones (excluding diaryl/α,β-unsaturated/α-hetero) is 1. The first-order valence-electron chi connectivity index (χ1n) is 11.2. The van der Waals surface area contributed by atoms with Gasteiger partial charge in [-0.15, -0.1) is 0 Å². The maximum Gasteiger partial charge on any atom is 0.300 e. The van der Waals surface area contributed by atoms with E-state index in [4.69, 9.17) is 18.9 Å². The van der Waals surface area contributed by atoms with Crippen LogP contribution in [-0.4, -0.2) is 37.3 Å². The number of fused-ring (bicyclic) bond motifs is 1. The molecule has 9 heteroatoms. The van der Waals surface area contributed by atoms with Crippen LogP contribution in [0.25, 0.3) is 5.76 Å². The average Bonchev–Trinajstić information content (AvgIpc) is 3.45. The van der Waals surface area contributed by atoms with Crippen molar-refractivity contribution in [1.82, 2.24) is 0 Å². The van der Waals surface area contributed by atoms with Crippen molar-refractivity contribution >= 4 is 39.1 Å². The maximum atomic E-state index is 13.4. The highest BCUT2D eigenvalue weighted by Crippen LogP contribution is 2.45. The van der Waals surface area contributed by atoms with Crippen LogP contribution in [0.15, 0.2) is 70.7 Å². The van der Waals surface area contributed by atoms with E-state index in [9.17, 15) is 14.7 Å². The third-order valence-electron chi connectivity index (χ3n) is 5.99. The van der Waals surface area contributed by atoms with Gasteiger partial charge in [0.15, 0.2) is 11.5 Å². The number of amides is 1. The van der Waals surface area contributed by atoms with Gasteiger partial charge >= 0.3 is 0 Å². The van der Waals surface area contributed by atoms with Gasteiger partial charge in [0.2, 0.25) is 6.79 Å². The Morgan fingerprint density at radius 3 is 2.64 bits per heavy atom. The SMILES string of the molecule is CCOc1cccc(C2/C(=C(\O)c3ccc(OC)c(Br)c3)C(=O)C(=O)N2c2ccc3c(c2)OCO3)c1. The summed E-state index contributed by atoms with van der Waals surface area (Å²) < 4.78 is 22.4. The summed E-state index contributed by atoms with van der Waals surface area (Å²) >= 11 is 3.41. The van der Waals surface area contributed by atoms with Gasteiger partial charge in [0, 0.05) is 17.3 Å². The molecule has 36 heavy (non-hydrogen) atoms. The van der Waals surface area contributed by atoms with Gasteiger partial charge < -0.3 is 24.1 Å². The highest BCUT2D eigenvalue weighted by Gasteiger charge is 2.47. The Labute approximate surface area is 215 Å². The van der Waals surface area contributed by atoms with Crippen molar-refractivity contribution in [2.45, 2.75) is 13.0 Å². The predicted molar refractivity (Wildman–Crippen MR) is 136 cm³/mol. The monoisotopic (exact) mass is 551 g/mol. The Morgan fingerprint density at radius 1 is 1.08 bits per heavy atom. The summed E-state index contributed by atoms with van der Waals surface area (Å²) in [5.74, 6) is 0.292. The number of carbonyl (C=O) groups is 2. The molecule has 8 nitrogen and oxygen atoms in total. The number of hydrogen-bond acceptors (Lipinski definition) is 7. The molecule has 2 heterocycles. The van der Waals surface area contributed by atoms with Crippen LogP contribution in [0.1, 0.15) is 24.1 Å². The zero-order chi connectivity index (χ0) is 25.4. The van der Waals surface area contributed by atoms with E-state index in [-0.39, 0.29) is 18.1 Å². The molecule has 1 N–H and O–H groups in total. The molecule has 184 valence electrons. The van der Waals surface area contributed by atoms with Gasteiger partial charge in [0.25, 0.3) is 11.7 Å². The van der Waals surface area contributed by atoms with Crippen LogP contribution in [0.2, 0.25) is 0 Å². The summed E-state index contributed by atoms with van der Waals surface area (Å²) in [5.41, 5.74) is 1.36. The maximum absolute atomic E-state index is 13.4. The van der Waals surface area contributed by atoms with Crippen molar-refractivity contribution < 1.29 is 33.6 Å². The molecule has 1 unspecified atom stereocenters. The average molecular weight is 552 g/mol. The molecular formula is C27H22BrNO7. The second-order valence-corrected chi connectivity index (χ2v) is 8.92. The van der Waals surface area contributed by atoms with Crippen LogP contribution in [-0.2, 0) is 9.59 Å². The van der Waals surface area contributed by atoms with Crippen molar-refractivity contribution in [3.05, 3.63) is 81.8 Å². The quantitative estimate of drug-likeness (QED) is 0.255. The molecule has 1 saturated heterocycles. The number of nitrogens with zero attached hydrogens (tertiary/aromatic N) is 1. The summed E-state index contributed by atoms with van der Waals surface area (Å²) in [7, 11) is 1.53. The molecule has 0 radical (unpaired) electrons. The lowest BCUT2D eigenvalue weighted by atomic mass is 9.95. The van der Waals surface area contributed by atoms with Crippen molar-refractivity contribution in [3.8, 4) is 23.0 Å². The van der Waals surface area contributed by atoms with Crippen LogP contribution >= 0.6 is 15.9 Å². The molecule has 0 bridgehead atoms. The molecule has 0 spiro atoms. The number of methoxy groups -OCH3 is 1. The standard InChI is InChI=1S/C27H22BrNO7/c1-3-34-18-6-4-5-15(11-18)24-23(25(30)16-7-9-20(33-2)19(28)12-16)26(31)27(32)29(24)17-8-10-21-22(13-17)36-14-35-21/h4-13,24,30H,3,14H2,1-2H3/b25-23+. The van der Waals surface area contributed by atoms with Crippen molar-refractivity contribution in [1.29, 1.82) is 0 Å². The largest absolute Gasteiger partial charge is 0.507 e. The Morgan fingerprint density at radius 2 is 1.89 bits per heavy atom. The molecule has 1 atom stereocenters. The summed E-state index contributed by atoms with van der Waals surface area (Å²) in [6.45, 7) is 2.39. The molecule has 1 amide bonds. The third kappa shape index (κ3) is 4.05. The van der Waals surface area contributed by atoms with E-state index in [1.165, 1.54) is 12.0 Å². The van der Waals surface area contributed by atoms with E-state index in [1.54, 1.807) is 60.7 Å². The first kappa shape index (κ1) is 23.7.